The fourth-order valence-corrected chi connectivity index (χ4v) is 3.85. The van der Waals surface area contributed by atoms with Crippen LogP contribution in [-0.2, 0) is 0 Å². The minimum atomic E-state index is -0.428. The molecule has 0 bridgehead atoms. The molecule has 3 rings (SSSR count). The Balaban J connectivity index is 1.88. The van der Waals surface area contributed by atoms with Crippen LogP contribution in [0.5, 0.6) is 5.75 Å². The largest absolute Gasteiger partial charge is 0.481 e. The van der Waals surface area contributed by atoms with E-state index in [2.05, 4.69) is 16.1 Å². The molecule has 28 heavy (non-hydrogen) atoms. The number of aromatic nitrogens is 3. The summed E-state index contributed by atoms with van der Waals surface area (Å²) in [5.74, 6) is 3.74. The molecule has 142 valence electrons. The number of terminal acetylenes is 1. The average molecular weight is 394 g/mol. The van der Waals surface area contributed by atoms with Crippen molar-refractivity contribution in [1.82, 2.24) is 14.8 Å². The highest BCUT2D eigenvalue weighted by Crippen LogP contribution is 2.36. The molecule has 1 heterocycles. The van der Waals surface area contributed by atoms with Crippen LogP contribution in [-0.4, -0.2) is 32.8 Å². The minimum Gasteiger partial charge on any atom is -0.481 e. The maximum atomic E-state index is 11.2. The van der Waals surface area contributed by atoms with Gasteiger partial charge in [-0.05, 0) is 36.8 Å². The van der Waals surface area contributed by atoms with Gasteiger partial charge in [-0.25, -0.2) is 0 Å². The molecule has 1 aromatic heterocycles. The Morgan fingerprint density at radius 2 is 1.93 bits per heavy atom. The molecule has 0 radical (unpaired) electrons. The first kappa shape index (κ1) is 19.5. The highest BCUT2D eigenvalue weighted by atomic mass is 32.2. The van der Waals surface area contributed by atoms with Gasteiger partial charge in [0.15, 0.2) is 5.16 Å². The maximum Gasteiger partial charge on any atom is 0.220 e. The highest BCUT2D eigenvalue weighted by Gasteiger charge is 2.23. The van der Waals surface area contributed by atoms with Crippen molar-refractivity contribution < 1.29 is 9.66 Å². The number of aryl methyl sites for hydroxylation is 1. The molecule has 0 amide bonds. The average Bonchev–Trinajstić information content (AvgIpc) is 3.06. The van der Waals surface area contributed by atoms with Gasteiger partial charge < -0.3 is 4.74 Å². The summed E-state index contributed by atoms with van der Waals surface area (Å²) >= 11 is 1.31. The Morgan fingerprint density at radius 1 is 1.21 bits per heavy atom. The molecule has 0 aliphatic rings. The van der Waals surface area contributed by atoms with Crippen molar-refractivity contribution in [2.24, 2.45) is 0 Å². The molecule has 0 spiro atoms. The first-order chi connectivity index (χ1) is 13.6. The summed E-state index contributed by atoms with van der Waals surface area (Å²) < 4.78 is 7.26. The molecule has 0 aliphatic carbocycles. The lowest BCUT2D eigenvalue weighted by atomic mass is 10.1. The van der Waals surface area contributed by atoms with E-state index in [-0.39, 0.29) is 18.1 Å². The number of nitrogens with zero attached hydrogens (tertiary/aromatic N) is 4. The van der Waals surface area contributed by atoms with E-state index < -0.39 is 5.25 Å². The fourth-order valence-electron chi connectivity index (χ4n) is 2.67. The molecule has 0 unspecified atom stereocenters. The quantitative estimate of drug-likeness (QED) is 0.251. The van der Waals surface area contributed by atoms with Gasteiger partial charge in [-0.15, -0.1) is 16.6 Å². The van der Waals surface area contributed by atoms with E-state index in [1.807, 2.05) is 54.0 Å². The van der Waals surface area contributed by atoms with Crippen LogP contribution in [0.1, 0.15) is 16.6 Å². The predicted molar refractivity (Wildman–Crippen MR) is 107 cm³/mol. The van der Waals surface area contributed by atoms with Crippen LogP contribution in [0.4, 0.5) is 0 Å². The zero-order valence-corrected chi connectivity index (χ0v) is 16.0. The lowest BCUT2D eigenvalue weighted by Gasteiger charge is -2.14. The van der Waals surface area contributed by atoms with E-state index in [1.165, 1.54) is 11.8 Å². The van der Waals surface area contributed by atoms with Crippen LogP contribution < -0.4 is 4.74 Å². The standard InChI is InChI=1S/C20H18N4O3S/c1-3-13-27-18-11-9-16(10-12-18)19(14-23(25)26)28-20-22-21-15(2)24(20)17-7-5-4-6-8-17/h1,4-12,19H,13-14H2,2H3/t19-/m1/s1. The van der Waals surface area contributed by atoms with Crippen molar-refractivity contribution in [2.45, 2.75) is 17.3 Å². The Bertz CT molecular complexity index is 981. The van der Waals surface area contributed by atoms with Gasteiger partial charge in [0.25, 0.3) is 0 Å². The molecule has 0 aliphatic heterocycles. The second-order valence-electron chi connectivity index (χ2n) is 5.88. The lowest BCUT2D eigenvalue weighted by Crippen LogP contribution is -2.11. The molecular weight excluding hydrogens is 376 g/mol. The van der Waals surface area contributed by atoms with E-state index >= 15 is 0 Å². The van der Waals surface area contributed by atoms with Crippen molar-refractivity contribution in [1.29, 1.82) is 0 Å². The third-order valence-corrected chi connectivity index (χ3v) is 5.13. The number of para-hydroxylation sites is 1. The topological polar surface area (TPSA) is 83.1 Å². The zero-order valence-electron chi connectivity index (χ0n) is 15.2. The van der Waals surface area contributed by atoms with Crippen molar-refractivity contribution >= 4 is 11.8 Å². The van der Waals surface area contributed by atoms with Crippen molar-refractivity contribution in [2.75, 3.05) is 13.2 Å². The van der Waals surface area contributed by atoms with Gasteiger partial charge in [0.1, 0.15) is 23.4 Å². The van der Waals surface area contributed by atoms with Gasteiger partial charge in [-0.1, -0.05) is 48.0 Å². The highest BCUT2D eigenvalue weighted by molar-refractivity contribution is 7.99. The van der Waals surface area contributed by atoms with Gasteiger partial charge >= 0.3 is 0 Å². The minimum absolute atomic E-state index is 0.173. The number of nitro groups is 1. The first-order valence-electron chi connectivity index (χ1n) is 8.50. The third kappa shape index (κ3) is 4.69. The Kier molecular flexibility index (Phi) is 6.29. The van der Waals surface area contributed by atoms with Crippen molar-refractivity contribution in [3.8, 4) is 23.8 Å². The number of hydrogen-bond donors (Lipinski definition) is 0. The lowest BCUT2D eigenvalue weighted by molar-refractivity contribution is -0.479. The van der Waals surface area contributed by atoms with Gasteiger partial charge in [0.2, 0.25) is 6.54 Å². The fraction of sp³-hybridized carbons (Fsp3) is 0.200. The summed E-state index contributed by atoms with van der Waals surface area (Å²) in [6, 6.07) is 16.8. The van der Waals surface area contributed by atoms with E-state index in [0.717, 1.165) is 11.3 Å². The van der Waals surface area contributed by atoms with Crippen LogP contribution in [0.3, 0.4) is 0 Å². The number of thioether (sulfide) groups is 1. The van der Waals surface area contributed by atoms with Crippen LogP contribution in [0.15, 0.2) is 59.8 Å². The van der Waals surface area contributed by atoms with Crippen molar-refractivity contribution in [3.63, 3.8) is 0 Å². The summed E-state index contributed by atoms with van der Waals surface area (Å²) in [4.78, 5) is 10.9. The molecule has 0 saturated carbocycles. The van der Waals surface area contributed by atoms with Gasteiger partial charge in [0, 0.05) is 10.6 Å². The normalized spacial score (nSPS) is 11.6. The van der Waals surface area contributed by atoms with Gasteiger partial charge in [0.05, 0.1) is 0 Å². The number of benzene rings is 2. The Morgan fingerprint density at radius 3 is 2.57 bits per heavy atom. The second kappa shape index (κ2) is 9.06. The van der Waals surface area contributed by atoms with Crippen molar-refractivity contribution in [3.05, 3.63) is 76.1 Å². The molecule has 0 fully saturated rings. The number of ether oxygens (including phenoxy) is 1. The summed E-state index contributed by atoms with van der Waals surface area (Å²) in [7, 11) is 0. The molecule has 0 N–H and O–H groups in total. The predicted octanol–water partition coefficient (Wildman–Crippen LogP) is 3.70. The Hall–Kier alpha value is -3.31. The van der Waals surface area contributed by atoms with Gasteiger partial charge in [-0.3, -0.25) is 14.7 Å². The summed E-state index contributed by atoms with van der Waals surface area (Å²) in [6.45, 7) is 1.78. The molecule has 3 aromatic rings. The first-order valence-corrected chi connectivity index (χ1v) is 9.38. The molecule has 0 saturated heterocycles. The van der Waals surface area contributed by atoms with Crippen LogP contribution >= 0.6 is 11.8 Å². The van der Waals surface area contributed by atoms with E-state index in [9.17, 15) is 10.1 Å². The summed E-state index contributed by atoms with van der Waals surface area (Å²) in [5.41, 5.74) is 1.71. The van der Waals surface area contributed by atoms with E-state index in [1.54, 1.807) is 12.1 Å². The summed E-state index contributed by atoms with van der Waals surface area (Å²) in [5, 5.41) is 19.8. The number of hydrogen-bond acceptors (Lipinski definition) is 6. The smallest absolute Gasteiger partial charge is 0.220 e. The third-order valence-electron chi connectivity index (χ3n) is 3.95. The summed E-state index contributed by atoms with van der Waals surface area (Å²) in [6.07, 6.45) is 5.19. The SMILES string of the molecule is C#CCOc1ccc([C@@H](C[N+](=O)[O-])Sc2nnc(C)n2-c2ccccc2)cc1. The molecule has 8 heteroatoms. The second-order valence-corrected chi connectivity index (χ2v) is 7.05. The molecular formula is C20H18N4O3S. The maximum absolute atomic E-state index is 11.2. The van der Waals surface area contributed by atoms with E-state index in [0.29, 0.717) is 16.7 Å². The van der Waals surface area contributed by atoms with Crippen LogP contribution in [0.25, 0.3) is 5.69 Å². The molecule has 7 nitrogen and oxygen atoms in total. The van der Waals surface area contributed by atoms with Crippen LogP contribution in [0.2, 0.25) is 0 Å². The molecule has 2 aromatic carbocycles. The van der Waals surface area contributed by atoms with E-state index in [4.69, 9.17) is 11.2 Å². The Labute approximate surface area is 166 Å². The molecule has 1 atom stereocenters. The van der Waals surface area contributed by atoms with Gasteiger partial charge in [-0.2, -0.15) is 0 Å². The van der Waals surface area contributed by atoms with Crippen LogP contribution in [0, 0.1) is 29.4 Å². The monoisotopic (exact) mass is 394 g/mol. The number of rotatable bonds is 8. The zero-order chi connectivity index (χ0) is 19.9.